The molecule has 0 unspecified atom stereocenters. The predicted octanol–water partition coefficient (Wildman–Crippen LogP) is 0.834. The molecule has 100 valence electrons. The Labute approximate surface area is 106 Å². The minimum atomic E-state index is -0.0910. The van der Waals surface area contributed by atoms with Gasteiger partial charge in [-0.3, -0.25) is 4.79 Å². The van der Waals surface area contributed by atoms with Gasteiger partial charge >= 0.3 is 0 Å². The molecule has 6 heteroatoms. The molecule has 0 saturated carbocycles. The van der Waals surface area contributed by atoms with Gasteiger partial charge in [-0.15, -0.1) is 0 Å². The number of anilines is 2. The number of benzene rings is 1. The fourth-order valence-electron chi connectivity index (χ4n) is 1.48. The van der Waals surface area contributed by atoms with Gasteiger partial charge in [-0.1, -0.05) is 0 Å². The van der Waals surface area contributed by atoms with Crippen LogP contribution in [0.2, 0.25) is 0 Å². The van der Waals surface area contributed by atoms with E-state index in [1.54, 1.807) is 26.4 Å². The van der Waals surface area contributed by atoms with E-state index in [1.165, 1.54) is 0 Å². The van der Waals surface area contributed by atoms with Crippen molar-refractivity contribution in [3.63, 3.8) is 0 Å². The number of amides is 1. The van der Waals surface area contributed by atoms with Crippen molar-refractivity contribution in [2.75, 3.05) is 38.4 Å². The number of methoxy groups -OCH3 is 2. The molecule has 0 bridgehead atoms. The molecular formula is C12H19N3O3. The standard InChI is InChI=1S/C12H19N3O3/c1-4-14-12(16)7-15-9-6-11(18-3)10(17-2)5-8(9)13/h5-6,15H,4,7,13H2,1-3H3,(H,14,16). The number of hydrogen-bond acceptors (Lipinski definition) is 5. The molecule has 1 aromatic carbocycles. The summed E-state index contributed by atoms with van der Waals surface area (Å²) >= 11 is 0. The summed E-state index contributed by atoms with van der Waals surface area (Å²) < 4.78 is 10.3. The fraction of sp³-hybridized carbons (Fsp3) is 0.417. The van der Waals surface area contributed by atoms with E-state index in [2.05, 4.69) is 10.6 Å². The number of carbonyl (C=O) groups is 1. The van der Waals surface area contributed by atoms with Crippen LogP contribution >= 0.6 is 0 Å². The van der Waals surface area contributed by atoms with Crippen LogP contribution in [0.4, 0.5) is 11.4 Å². The first-order chi connectivity index (χ1) is 8.62. The molecule has 18 heavy (non-hydrogen) atoms. The van der Waals surface area contributed by atoms with Crippen LogP contribution in [0, 0.1) is 0 Å². The third kappa shape index (κ3) is 3.44. The smallest absolute Gasteiger partial charge is 0.239 e. The van der Waals surface area contributed by atoms with Gasteiger partial charge in [-0.2, -0.15) is 0 Å². The third-order valence-corrected chi connectivity index (χ3v) is 2.37. The number of ether oxygens (including phenoxy) is 2. The van der Waals surface area contributed by atoms with Crippen molar-refractivity contribution in [3.05, 3.63) is 12.1 Å². The minimum Gasteiger partial charge on any atom is -0.493 e. The first kappa shape index (κ1) is 14.0. The zero-order chi connectivity index (χ0) is 13.5. The highest BCUT2D eigenvalue weighted by Crippen LogP contribution is 2.34. The largest absolute Gasteiger partial charge is 0.493 e. The second-order valence-electron chi connectivity index (χ2n) is 3.60. The van der Waals surface area contributed by atoms with Crippen LogP contribution in [-0.2, 0) is 4.79 Å². The van der Waals surface area contributed by atoms with Gasteiger partial charge in [0, 0.05) is 18.7 Å². The Morgan fingerprint density at radius 1 is 1.28 bits per heavy atom. The Morgan fingerprint density at radius 3 is 2.44 bits per heavy atom. The van der Waals surface area contributed by atoms with Crippen molar-refractivity contribution in [2.45, 2.75) is 6.92 Å². The molecule has 4 N–H and O–H groups in total. The van der Waals surface area contributed by atoms with Gasteiger partial charge in [0.1, 0.15) is 0 Å². The number of hydrogen-bond donors (Lipinski definition) is 3. The summed E-state index contributed by atoms with van der Waals surface area (Å²) in [5.74, 6) is 1.02. The average molecular weight is 253 g/mol. The quantitative estimate of drug-likeness (QED) is 0.654. The molecule has 0 spiro atoms. The molecule has 1 amide bonds. The number of carbonyl (C=O) groups excluding carboxylic acids is 1. The zero-order valence-electron chi connectivity index (χ0n) is 10.9. The molecule has 0 aliphatic carbocycles. The number of rotatable bonds is 6. The molecule has 1 aromatic rings. The van der Waals surface area contributed by atoms with Crippen molar-refractivity contribution in [1.82, 2.24) is 5.32 Å². The molecule has 6 nitrogen and oxygen atoms in total. The highest BCUT2D eigenvalue weighted by molar-refractivity contribution is 5.82. The van der Waals surface area contributed by atoms with Crippen LogP contribution in [0.3, 0.4) is 0 Å². The number of nitrogens with one attached hydrogen (secondary N) is 2. The SMILES string of the molecule is CCNC(=O)CNc1cc(OC)c(OC)cc1N. The Bertz CT molecular complexity index is 421. The maximum Gasteiger partial charge on any atom is 0.239 e. The van der Waals surface area contributed by atoms with E-state index in [0.717, 1.165) is 0 Å². The molecule has 0 radical (unpaired) electrons. The van der Waals surface area contributed by atoms with E-state index in [9.17, 15) is 4.79 Å². The summed E-state index contributed by atoms with van der Waals surface area (Å²) in [4.78, 5) is 11.3. The van der Waals surface area contributed by atoms with Gasteiger partial charge in [-0.05, 0) is 6.92 Å². The Hall–Kier alpha value is -2.11. The molecule has 1 rings (SSSR count). The van der Waals surface area contributed by atoms with E-state index in [4.69, 9.17) is 15.2 Å². The highest BCUT2D eigenvalue weighted by atomic mass is 16.5. The first-order valence-electron chi connectivity index (χ1n) is 5.64. The Balaban J connectivity index is 2.79. The lowest BCUT2D eigenvalue weighted by Crippen LogP contribution is -2.29. The molecule has 0 aliphatic rings. The van der Waals surface area contributed by atoms with Gasteiger partial charge in [0.2, 0.25) is 5.91 Å². The van der Waals surface area contributed by atoms with E-state index >= 15 is 0 Å². The lowest BCUT2D eigenvalue weighted by Gasteiger charge is -2.13. The summed E-state index contributed by atoms with van der Waals surface area (Å²) in [7, 11) is 3.08. The van der Waals surface area contributed by atoms with Crippen LogP contribution in [0.5, 0.6) is 11.5 Å². The normalized spacial score (nSPS) is 9.72. The van der Waals surface area contributed by atoms with Gasteiger partial charge < -0.3 is 25.8 Å². The van der Waals surface area contributed by atoms with Crippen molar-refractivity contribution in [3.8, 4) is 11.5 Å². The maximum atomic E-state index is 11.3. The van der Waals surface area contributed by atoms with Gasteiger partial charge in [0.15, 0.2) is 11.5 Å². The third-order valence-electron chi connectivity index (χ3n) is 2.37. The van der Waals surface area contributed by atoms with Crippen molar-refractivity contribution >= 4 is 17.3 Å². The van der Waals surface area contributed by atoms with E-state index in [0.29, 0.717) is 29.4 Å². The summed E-state index contributed by atoms with van der Waals surface area (Å²) in [6.07, 6.45) is 0. The molecule has 0 atom stereocenters. The fourth-order valence-corrected chi connectivity index (χ4v) is 1.48. The molecule has 0 aromatic heterocycles. The van der Waals surface area contributed by atoms with Crippen molar-refractivity contribution in [2.24, 2.45) is 0 Å². The molecule has 0 heterocycles. The topological polar surface area (TPSA) is 85.6 Å². The summed E-state index contributed by atoms with van der Waals surface area (Å²) in [5.41, 5.74) is 6.99. The first-order valence-corrected chi connectivity index (χ1v) is 5.64. The summed E-state index contributed by atoms with van der Waals surface area (Å²) in [6, 6.07) is 3.35. The summed E-state index contributed by atoms with van der Waals surface area (Å²) in [6.45, 7) is 2.62. The van der Waals surface area contributed by atoms with Crippen molar-refractivity contribution in [1.29, 1.82) is 0 Å². The van der Waals surface area contributed by atoms with E-state index < -0.39 is 0 Å². The second kappa shape index (κ2) is 6.58. The van der Waals surface area contributed by atoms with Gasteiger partial charge in [-0.25, -0.2) is 0 Å². The van der Waals surface area contributed by atoms with E-state index in [1.807, 2.05) is 6.92 Å². The number of likely N-dealkylation sites (N-methyl/N-ethyl adjacent to an activating group) is 1. The second-order valence-corrected chi connectivity index (χ2v) is 3.60. The van der Waals surface area contributed by atoms with Crippen LogP contribution in [0.1, 0.15) is 6.92 Å². The monoisotopic (exact) mass is 253 g/mol. The Kier molecular flexibility index (Phi) is 5.10. The van der Waals surface area contributed by atoms with Crippen LogP contribution in [0.25, 0.3) is 0 Å². The average Bonchev–Trinajstić information content (AvgIpc) is 2.37. The predicted molar refractivity (Wildman–Crippen MR) is 71.1 cm³/mol. The number of nitrogen functional groups attached to an aromatic ring is 1. The summed E-state index contributed by atoms with van der Waals surface area (Å²) in [5, 5.41) is 5.64. The van der Waals surface area contributed by atoms with Crippen LogP contribution < -0.4 is 25.8 Å². The van der Waals surface area contributed by atoms with Crippen molar-refractivity contribution < 1.29 is 14.3 Å². The van der Waals surface area contributed by atoms with E-state index in [-0.39, 0.29) is 12.5 Å². The highest BCUT2D eigenvalue weighted by Gasteiger charge is 2.09. The lowest BCUT2D eigenvalue weighted by molar-refractivity contribution is -0.119. The van der Waals surface area contributed by atoms with Gasteiger partial charge in [0.25, 0.3) is 0 Å². The zero-order valence-corrected chi connectivity index (χ0v) is 10.9. The molecule has 0 fully saturated rings. The molecule has 0 saturated heterocycles. The maximum absolute atomic E-state index is 11.3. The lowest BCUT2D eigenvalue weighted by atomic mass is 10.2. The Morgan fingerprint density at radius 2 is 1.89 bits per heavy atom. The minimum absolute atomic E-state index is 0.0910. The number of nitrogens with two attached hydrogens (primary N) is 1. The molecule has 0 aliphatic heterocycles. The van der Waals surface area contributed by atoms with Crippen LogP contribution in [-0.4, -0.2) is 33.2 Å². The van der Waals surface area contributed by atoms with Gasteiger partial charge in [0.05, 0.1) is 32.1 Å². The molecular weight excluding hydrogens is 234 g/mol. The van der Waals surface area contributed by atoms with Crippen LogP contribution in [0.15, 0.2) is 12.1 Å².